The fraction of sp³-hybridized carbons (Fsp3) is 0. The molecule has 0 heterocycles. The molecule has 0 saturated heterocycles. The van der Waals surface area contributed by atoms with Gasteiger partial charge in [-0.25, -0.2) is 0 Å². The van der Waals surface area contributed by atoms with Gasteiger partial charge in [0.25, 0.3) is 20.2 Å². The van der Waals surface area contributed by atoms with E-state index in [1.807, 2.05) is 18.2 Å². The minimum absolute atomic E-state index is 0.0185. The molecule has 0 aliphatic carbocycles. The van der Waals surface area contributed by atoms with E-state index in [1.165, 1.54) is 0 Å². The molecule has 0 aliphatic heterocycles. The lowest BCUT2D eigenvalue weighted by Gasteiger charge is -2.16. The molecule has 0 unspecified atom stereocenters. The average Bonchev–Trinajstić information content (AvgIpc) is 2.64. The van der Waals surface area contributed by atoms with Crippen molar-refractivity contribution in [3.05, 3.63) is 72.8 Å². The normalized spacial score (nSPS) is 12.5. The predicted octanol–water partition coefficient (Wildman–Crippen LogP) is 4.15. The zero-order chi connectivity index (χ0) is 20.1. The summed E-state index contributed by atoms with van der Waals surface area (Å²) in [5.41, 5.74) is 0.442. The molecule has 0 radical (unpaired) electrons. The Hall–Kier alpha value is -2.78. The third-order valence-corrected chi connectivity index (χ3v) is 6.51. The van der Waals surface area contributed by atoms with Crippen molar-refractivity contribution in [2.24, 2.45) is 0 Å². The Bertz CT molecular complexity index is 1450. The van der Waals surface area contributed by atoms with Gasteiger partial charge in [-0.05, 0) is 33.2 Å². The smallest absolute Gasteiger partial charge is 0.282 e. The monoisotopic (exact) mass is 414 g/mol. The van der Waals surface area contributed by atoms with Crippen molar-refractivity contribution in [2.45, 2.75) is 9.79 Å². The summed E-state index contributed by atoms with van der Waals surface area (Å²) in [5, 5.41) is 2.32. The number of fused-ring (bicyclic) bond motifs is 2. The van der Waals surface area contributed by atoms with Crippen LogP contribution in [0.2, 0.25) is 0 Å². The Morgan fingerprint density at radius 1 is 0.607 bits per heavy atom. The van der Waals surface area contributed by atoms with E-state index < -0.39 is 30.0 Å². The maximum Gasteiger partial charge on any atom is 0.296 e. The highest BCUT2D eigenvalue weighted by Gasteiger charge is 2.30. The summed E-state index contributed by atoms with van der Waals surface area (Å²) in [4.78, 5) is -1.71. The highest BCUT2D eigenvalue weighted by molar-refractivity contribution is 7.89. The molecule has 0 atom stereocenters. The molecule has 28 heavy (non-hydrogen) atoms. The lowest BCUT2D eigenvalue weighted by molar-refractivity contribution is 0.467. The highest BCUT2D eigenvalue weighted by atomic mass is 32.2. The van der Waals surface area contributed by atoms with Gasteiger partial charge in [0.1, 0.15) is 9.79 Å². The second-order valence-corrected chi connectivity index (χ2v) is 9.03. The van der Waals surface area contributed by atoms with Crippen molar-refractivity contribution in [3.8, 4) is 11.1 Å². The molecular formula is C20H14O6S2. The summed E-state index contributed by atoms with van der Waals surface area (Å²) in [6, 6.07) is 20.0. The molecule has 4 rings (SSSR count). The SMILES string of the molecule is O=S(=O)(O)c1cc2ccccc2c(-c2cccc3ccccc23)c1S(=O)(=O)O. The molecule has 4 aromatic carbocycles. The zero-order valence-electron chi connectivity index (χ0n) is 14.3. The van der Waals surface area contributed by atoms with Crippen molar-refractivity contribution in [2.75, 3.05) is 0 Å². The first-order valence-electron chi connectivity index (χ1n) is 8.17. The minimum Gasteiger partial charge on any atom is -0.282 e. The van der Waals surface area contributed by atoms with Crippen LogP contribution in [0.5, 0.6) is 0 Å². The van der Waals surface area contributed by atoms with E-state index in [9.17, 15) is 25.9 Å². The first kappa shape index (κ1) is 18.6. The molecule has 0 bridgehead atoms. The Labute approximate surface area is 161 Å². The van der Waals surface area contributed by atoms with Crippen LogP contribution in [0.3, 0.4) is 0 Å². The van der Waals surface area contributed by atoms with Crippen LogP contribution in [-0.4, -0.2) is 25.9 Å². The number of rotatable bonds is 3. The average molecular weight is 414 g/mol. The summed E-state index contributed by atoms with van der Waals surface area (Å²) in [5.74, 6) is 0. The van der Waals surface area contributed by atoms with Crippen molar-refractivity contribution < 1.29 is 25.9 Å². The van der Waals surface area contributed by atoms with Gasteiger partial charge in [0.2, 0.25) is 0 Å². The second-order valence-electron chi connectivity index (χ2n) is 6.28. The Morgan fingerprint density at radius 3 is 1.82 bits per heavy atom. The molecule has 8 heteroatoms. The van der Waals surface area contributed by atoms with E-state index in [2.05, 4.69) is 0 Å². The van der Waals surface area contributed by atoms with Gasteiger partial charge in [0, 0.05) is 5.56 Å². The molecule has 0 amide bonds. The van der Waals surface area contributed by atoms with Crippen molar-refractivity contribution in [1.29, 1.82) is 0 Å². The molecule has 0 aliphatic rings. The Balaban J connectivity index is 2.34. The quantitative estimate of drug-likeness (QED) is 0.488. The van der Waals surface area contributed by atoms with E-state index in [0.29, 0.717) is 21.7 Å². The number of hydrogen-bond acceptors (Lipinski definition) is 4. The van der Waals surface area contributed by atoms with Gasteiger partial charge in [-0.1, -0.05) is 66.7 Å². The van der Waals surface area contributed by atoms with Gasteiger partial charge >= 0.3 is 0 Å². The third kappa shape index (κ3) is 3.06. The molecule has 4 aromatic rings. The maximum atomic E-state index is 12.3. The van der Waals surface area contributed by atoms with Gasteiger partial charge in [0.05, 0.1) is 0 Å². The van der Waals surface area contributed by atoms with E-state index in [4.69, 9.17) is 0 Å². The van der Waals surface area contributed by atoms with Gasteiger partial charge in [-0.2, -0.15) is 16.8 Å². The molecule has 142 valence electrons. The first-order chi connectivity index (χ1) is 13.2. The number of benzene rings is 4. The highest BCUT2D eigenvalue weighted by Crippen LogP contribution is 2.41. The summed E-state index contributed by atoms with van der Waals surface area (Å²) in [6.07, 6.45) is 0. The maximum absolute atomic E-state index is 12.3. The summed E-state index contributed by atoms with van der Waals surface area (Å²) >= 11 is 0. The summed E-state index contributed by atoms with van der Waals surface area (Å²) in [6.45, 7) is 0. The van der Waals surface area contributed by atoms with Gasteiger partial charge in [-0.15, -0.1) is 0 Å². The van der Waals surface area contributed by atoms with E-state index in [0.717, 1.165) is 11.5 Å². The topological polar surface area (TPSA) is 109 Å². The van der Waals surface area contributed by atoms with Gasteiger partial charge in [-0.3, -0.25) is 9.11 Å². The van der Waals surface area contributed by atoms with Crippen molar-refractivity contribution in [1.82, 2.24) is 0 Å². The van der Waals surface area contributed by atoms with Crippen molar-refractivity contribution >= 4 is 41.8 Å². The van der Waals surface area contributed by atoms with Crippen LogP contribution < -0.4 is 0 Å². The molecule has 6 nitrogen and oxygen atoms in total. The van der Waals surface area contributed by atoms with Crippen LogP contribution >= 0.6 is 0 Å². The third-order valence-electron chi connectivity index (χ3n) is 4.56. The standard InChI is InChI=1S/C20H14O6S2/c21-27(22,23)18-12-14-7-2-4-10-16(14)19(20(18)28(24,25)26)17-11-5-8-13-6-1-3-9-15(13)17/h1-12H,(H,21,22,23)(H,24,25,26). The molecule has 0 fully saturated rings. The second kappa shape index (κ2) is 6.39. The fourth-order valence-corrected chi connectivity index (χ4v) is 5.50. The van der Waals surface area contributed by atoms with Gasteiger partial charge < -0.3 is 0 Å². The first-order valence-corrected chi connectivity index (χ1v) is 11.0. The predicted molar refractivity (Wildman–Crippen MR) is 107 cm³/mol. The Kier molecular flexibility index (Phi) is 4.24. The zero-order valence-corrected chi connectivity index (χ0v) is 15.9. The molecule has 0 saturated carbocycles. The van der Waals surface area contributed by atoms with Crippen LogP contribution in [0, 0.1) is 0 Å². The minimum atomic E-state index is -4.99. The van der Waals surface area contributed by atoms with Crippen LogP contribution in [0.1, 0.15) is 0 Å². The van der Waals surface area contributed by atoms with Crippen LogP contribution in [0.25, 0.3) is 32.7 Å². The number of hydrogen-bond donors (Lipinski definition) is 2. The van der Waals surface area contributed by atoms with E-state index in [1.54, 1.807) is 48.5 Å². The van der Waals surface area contributed by atoms with E-state index in [-0.39, 0.29) is 5.56 Å². The largest absolute Gasteiger partial charge is 0.296 e. The lowest BCUT2D eigenvalue weighted by Crippen LogP contribution is -2.11. The Morgan fingerprint density at radius 2 is 1.18 bits per heavy atom. The lowest BCUT2D eigenvalue weighted by atomic mass is 9.94. The van der Waals surface area contributed by atoms with Crippen molar-refractivity contribution in [3.63, 3.8) is 0 Å². The molecule has 0 aromatic heterocycles. The van der Waals surface area contributed by atoms with Crippen LogP contribution in [0.4, 0.5) is 0 Å². The van der Waals surface area contributed by atoms with E-state index >= 15 is 0 Å². The van der Waals surface area contributed by atoms with Crippen LogP contribution in [0.15, 0.2) is 82.6 Å². The molecule has 2 N–H and O–H groups in total. The molecule has 0 spiro atoms. The summed E-state index contributed by atoms with van der Waals surface area (Å²) in [7, 11) is -9.93. The van der Waals surface area contributed by atoms with Crippen LogP contribution in [-0.2, 0) is 20.2 Å². The molecular weight excluding hydrogens is 400 g/mol. The van der Waals surface area contributed by atoms with Gasteiger partial charge in [0.15, 0.2) is 0 Å². The fourth-order valence-electron chi connectivity index (χ4n) is 3.46. The summed E-state index contributed by atoms with van der Waals surface area (Å²) < 4.78 is 68.0.